The number of para-hydroxylation sites is 2. The Morgan fingerprint density at radius 2 is 1.93 bits per heavy atom. The first-order valence-corrected chi connectivity index (χ1v) is 11.4. The number of hydrogen-bond acceptors (Lipinski definition) is 4. The van der Waals surface area contributed by atoms with Crippen LogP contribution >= 0.6 is 0 Å². The minimum absolute atomic E-state index is 0.00409. The van der Waals surface area contributed by atoms with E-state index in [1.54, 1.807) is 6.33 Å². The Morgan fingerprint density at radius 1 is 1.17 bits per heavy atom. The van der Waals surface area contributed by atoms with E-state index in [2.05, 4.69) is 10.3 Å². The number of carbonyl (C=O) groups excluding carboxylic acids is 1. The van der Waals surface area contributed by atoms with Gasteiger partial charge in [-0.25, -0.2) is 17.8 Å². The molecule has 0 spiro atoms. The molecule has 1 aromatic heterocycles. The topological polar surface area (TPSA) is 84.3 Å². The van der Waals surface area contributed by atoms with Crippen molar-refractivity contribution in [2.75, 3.05) is 13.1 Å². The van der Waals surface area contributed by atoms with Gasteiger partial charge < -0.3 is 9.88 Å². The van der Waals surface area contributed by atoms with E-state index in [0.717, 1.165) is 23.2 Å². The summed E-state index contributed by atoms with van der Waals surface area (Å²) in [7, 11) is -3.85. The molecule has 1 amide bonds. The second-order valence-corrected chi connectivity index (χ2v) is 9.19. The lowest BCUT2D eigenvalue weighted by Gasteiger charge is -2.23. The van der Waals surface area contributed by atoms with E-state index in [4.69, 9.17) is 0 Å². The van der Waals surface area contributed by atoms with Crippen molar-refractivity contribution in [2.45, 2.75) is 36.7 Å². The number of nitrogens with zero attached hydrogens (tertiary/aromatic N) is 3. The van der Waals surface area contributed by atoms with Gasteiger partial charge in [-0.15, -0.1) is 0 Å². The highest BCUT2D eigenvalue weighted by Crippen LogP contribution is 2.26. The van der Waals surface area contributed by atoms with Gasteiger partial charge in [-0.2, -0.15) is 4.31 Å². The van der Waals surface area contributed by atoms with Crippen LogP contribution in [0.5, 0.6) is 0 Å². The van der Waals surface area contributed by atoms with Crippen molar-refractivity contribution in [3.8, 4) is 0 Å². The van der Waals surface area contributed by atoms with E-state index >= 15 is 0 Å². The lowest BCUT2D eigenvalue weighted by molar-refractivity contribution is -0.124. The molecule has 4 rings (SSSR count). The Balaban J connectivity index is 1.35. The molecule has 0 saturated carbocycles. The zero-order chi connectivity index (χ0) is 21.1. The molecule has 1 N–H and O–H groups in total. The summed E-state index contributed by atoms with van der Waals surface area (Å²) in [5, 5.41) is 2.86. The van der Waals surface area contributed by atoms with Crippen LogP contribution in [-0.2, 0) is 21.4 Å². The largest absolute Gasteiger partial charge is 0.355 e. The Hall–Kier alpha value is -2.78. The zero-order valence-electron chi connectivity index (χ0n) is 16.4. The summed E-state index contributed by atoms with van der Waals surface area (Å²) in [4.78, 5) is 17.0. The smallest absolute Gasteiger partial charge is 0.243 e. The van der Waals surface area contributed by atoms with Gasteiger partial charge in [0.2, 0.25) is 15.9 Å². The molecule has 0 aliphatic carbocycles. The number of fused-ring (bicyclic) bond motifs is 1. The van der Waals surface area contributed by atoms with Crippen LogP contribution in [0.3, 0.4) is 0 Å². The average molecular weight is 431 g/mol. The summed E-state index contributed by atoms with van der Waals surface area (Å²) in [5.41, 5.74) is 1.96. The Morgan fingerprint density at radius 3 is 2.73 bits per heavy atom. The fourth-order valence-electron chi connectivity index (χ4n) is 3.80. The van der Waals surface area contributed by atoms with Crippen molar-refractivity contribution in [3.05, 3.63) is 60.7 Å². The van der Waals surface area contributed by atoms with Gasteiger partial charge in [0.05, 0.1) is 22.3 Å². The highest BCUT2D eigenvalue weighted by Gasteiger charge is 2.39. The first-order valence-electron chi connectivity index (χ1n) is 9.92. The van der Waals surface area contributed by atoms with Crippen LogP contribution in [0.2, 0.25) is 0 Å². The van der Waals surface area contributed by atoms with Gasteiger partial charge >= 0.3 is 0 Å². The van der Waals surface area contributed by atoms with E-state index < -0.39 is 21.9 Å². The maximum absolute atomic E-state index is 13.1. The monoisotopic (exact) mass is 430 g/mol. The van der Waals surface area contributed by atoms with Crippen molar-refractivity contribution in [3.63, 3.8) is 0 Å². The van der Waals surface area contributed by atoms with Crippen LogP contribution in [0.25, 0.3) is 11.0 Å². The summed E-state index contributed by atoms with van der Waals surface area (Å²) < 4.78 is 42.2. The molecule has 158 valence electrons. The van der Waals surface area contributed by atoms with Crippen molar-refractivity contribution in [1.82, 2.24) is 19.2 Å². The van der Waals surface area contributed by atoms with E-state index in [9.17, 15) is 17.6 Å². The van der Waals surface area contributed by atoms with Crippen molar-refractivity contribution >= 4 is 27.0 Å². The summed E-state index contributed by atoms with van der Waals surface area (Å²) in [5.74, 6) is -0.802. The normalized spacial score (nSPS) is 17.4. The Kier molecular flexibility index (Phi) is 5.83. The molecule has 1 aliphatic heterocycles. The standard InChI is InChI=1S/C21H23FN4O3S/c22-16-8-10-17(11-9-16)30(28,29)26-14-3-7-20(26)21(27)23-12-4-13-25-15-24-18-5-1-2-6-19(18)25/h1-2,5-6,8-11,15,20H,3-4,7,12-14H2,(H,23,27)/t20-/m0/s1. The van der Waals surface area contributed by atoms with Gasteiger partial charge in [-0.3, -0.25) is 4.79 Å². The van der Waals surface area contributed by atoms with Crippen LogP contribution in [0.15, 0.2) is 59.8 Å². The molecule has 0 radical (unpaired) electrons. The van der Waals surface area contributed by atoms with Crippen molar-refractivity contribution in [1.29, 1.82) is 0 Å². The summed E-state index contributed by atoms with van der Waals surface area (Å²) in [6, 6.07) is 11.8. The van der Waals surface area contributed by atoms with Crippen LogP contribution in [0.1, 0.15) is 19.3 Å². The minimum atomic E-state index is -3.85. The first kappa shape index (κ1) is 20.5. The predicted molar refractivity (Wildman–Crippen MR) is 111 cm³/mol. The van der Waals surface area contributed by atoms with E-state index in [-0.39, 0.29) is 17.3 Å². The third kappa shape index (κ3) is 4.08. The molecule has 7 nitrogen and oxygen atoms in total. The molecule has 0 unspecified atom stereocenters. The van der Waals surface area contributed by atoms with Gasteiger partial charge in [-0.05, 0) is 55.7 Å². The molecule has 1 saturated heterocycles. The third-order valence-corrected chi connectivity index (χ3v) is 7.25. The number of amides is 1. The Labute approximate surface area is 174 Å². The molecule has 1 fully saturated rings. The maximum Gasteiger partial charge on any atom is 0.243 e. The molecule has 2 heterocycles. The van der Waals surface area contributed by atoms with Crippen LogP contribution in [-0.4, -0.2) is 47.3 Å². The second-order valence-electron chi connectivity index (χ2n) is 7.30. The minimum Gasteiger partial charge on any atom is -0.355 e. The lowest BCUT2D eigenvalue weighted by atomic mass is 10.2. The SMILES string of the molecule is O=C(NCCCn1cnc2ccccc21)[C@@H]1CCCN1S(=O)(=O)c1ccc(F)cc1. The molecular formula is C21H23FN4O3S. The zero-order valence-corrected chi connectivity index (χ0v) is 17.2. The fourth-order valence-corrected chi connectivity index (χ4v) is 5.46. The highest BCUT2D eigenvalue weighted by atomic mass is 32.2. The highest BCUT2D eigenvalue weighted by molar-refractivity contribution is 7.89. The number of aromatic nitrogens is 2. The Bertz CT molecular complexity index is 1140. The molecule has 1 atom stereocenters. The molecule has 30 heavy (non-hydrogen) atoms. The number of halogens is 1. The lowest BCUT2D eigenvalue weighted by Crippen LogP contribution is -2.46. The predicted octanol–water partition coefficient (Wildman–Crippen LogP) is 2.54. The van der Waals surface area contributed by atoms with Crippen molar-refractivity contribution in [2.24, 2.45) is 0 Å². The van der Waals surface area contributed by atoms with E-state index in [0.29, 0.717) is 32.4 Å². The van der Waals surface area contributed by atoms with Gasteiger partial charge in [0.15, 0.2) is 0 Å². The first-order chi connectivity index (χ1) is 14.5. The van der Waals surface area contributed by atoms with Crippen LogP contribution < -0.4 is 5.32 Å². The summed E-state index contributed by atoms with van der Waals surface area (Å²) in [6.45, 7) is 1.41. The quantitative estimate of drug-likeness (QED) is 0.584. The number of rotatable bonds is 7. The molecule has 1 aliphatic rings. The number of hydrogen-bond donors (Lipinski definition) is 1. The number of imidazole rings is 1. The van der Waals surface area contributed by atoms with E-state index in [1.165, 1.54) is 16.4 Å². The molecule has 3 aromatic rings. The average Bonchev–Trinajstić information content (AvgIpc) is 3.39. The number of nitrogens with one attached hydrogen (secondary N) is 1. The molecule has 2 aromatic carbocycles. The fraction of sp³-hybridized carbons (Fsp3) is 0.333. The van der Waals surface area contributed by atoms with Gasteiger partial charge in [0.25, 0.3) is 0 Å². The number of carbonyl (C=O) groups is 1. The molecular weight excluding hydrogens is 407 g/mol. The van der Waals surface area contributed by atoms with Gasteiger partial charge in [-0.1, -0.05) is 12.1 Å². The van der Waals surface area contributed by atoms with Crippen molar-refractivity contribution < 1.29 is 17.6 Å². The molecule has 9 heteroatoms. The molecule has 0 bridgehead atoms. The number of benzene rings is 2. The third-order valence-electron chi connectivity index (χ3n) is 5.33. The number of aryl methyl sites for hydroxylation is 1. The van der Waals surface area contributed by atoms with Crippen LogP contribution in [0, 0.1) is 5.82 Å². The van der Waals surface area contributed by atoms with Crippen LogP contribution in [0.4, 0.5) is 4.39 Å². The maximum atomic E-state index is 13.1. The van der Waals surface area contributed by atoms with Gasteiger partial charge in [0, 0.05) is 19.6 Å². The van der Waals surface area contributed by atoms with Gasteiger partial charge in [0.1, 0.15) is 11.9 Å². The second kappa shape index (κ2) is 8.53. The van der Waals surface area contributed by atoms with E-state index in [1.807, 2.05) is 28.8 Å². The number of sulfonamides is 1. The summed E-state index contributed by atoms with van der Waals surface area (Å²) >= 11 is 0. The summed E-state index contributed by atoms with van der Waals surface area (Å²) in [6.07, 6.45) is 3.56.